The van der Waals surface area contributed by atoms with E-state index >= 15 is 0 Å². The van der Waals surface area contributed by atoms with Gasteiger partial charge in [0.2, 0.25) is 5.95 Å². The van der Waals surface area contributed by atoms with E-state index < -0.39 is 0 Å². The first kappa shape index (κ1) is 21.1. The third-order valence-corrected chi connectivity index (χ3v) is 3.88. The predicted octanol–water partition coefficient (Wildman–Crippen LogP) is 4.75. The molecule has 0 radical (unpaired) electrons. The molecule has 0 aliphatic heterocycles. The number of nitrogens with zero attached hydrogens (tertiary/aromatic N) is 4. The molecule has 0 bridgehead atoms. The number of H-pyrrole nitrogens is 1. The number of hydrogen-bond donors (Lipinski definition) is 3. The molecule has 3 aromatic rings. The number of anilines is 3. The molecule has 0 atom stereocenters. The molecule has 27 heavy (non-hydrogen) atoms. The van der Waals surface area contributed by atoms with Gasteiger partial charge in [0.25, 0.3) is 0 Å². The van der Waals surface area contributed by atoms with Gasteiger partial charge in [-0.3, -0.25) is 4.68 Å². The molecular formula is C19H31N7S. The maximum absolute atomic E-state index is 4.61. The van der Waals surface area contributed by atoms with Crippen LogP contribution in [0.25, 0.3) is 11.0 Å². The maximum atomic E-state index is 4.61. The summed E-state index contributed by atoms with van der Waals surface area (Å²) in [7, 11) is 0. The van der Waals surface area contributed by atoms with Gasteiger partial charge in [-0.15, -0.1) is 0 Å². The van der Waals surface area contributed by atoms with Crippen molar-refractivity contribution in [2.75, 3.05) is 29.7 Å². The molecule has 3 aromatic heterocycles. The number of fused-ring (bicyclic) bond motifs is 1. The van der Waals surface area contributed by atoms with E-state index in [-0.39, 0.29) is 0 Å². The maximum Gasteiger partial charge on any atom is 0.231 e. The first-order valence-corrected chi connectivity index (χ1v) is 11.1. The molecule has 3 N–H and O–H groups in total. The van der Waals surface area contributed by atoms with E-state index in [0.717, 1.165) is 41.5 Å². The topological polar surface area (TPSA) is 83.5 Å². The van der Waals surface area contributed by atoms with Crippen LogP contribution < -0.4 is 10.6 Å². The first-order chi connectivity index (χ1) is 13.2. The average molecular weight is 390 g/mol. The lowest BCUT2D eigenvalue weighted by Crippen LogP contribution is -2.07. The SMILES string of the molecule is CC.CCn1cc(Nc2nc(NCC3CC3)c3cc[nH]c3n2)cn1.CSC. The molecule has 8 heteroatoms. The van der Waals surface area contributed by atoms with Crippen molar-refractivity contribution in [3.8, 4) is 0 Å². The van der Waals surface area contributed by atoms with Gasteiger partial charge in [0.05, 0.1) is 17.3 Å². The van der Waals surface area contributed by atoms with E-state index in [1.165, 1.54) is 12.8 Å². The molecule has 1 aliphatic carbocycles. The van der Waals surface area contributed by atoms with E-state index in [4.69, 9.17) is 0 Å². The zero-order valence-electron chi connectivity index (χ0n) is 16.9. The molecular weight excluding hydrogens is 358 g/mol. The van der Waals surface area contributed by atoms with Gasteiger partial charge in [-0.2, -0.15) is 26.8 Å². The third-order valence-electron chi connectivity index (χ3n) is 3.88. The van der Waals surface area contributed by atoms with Crippen LogP contribution in [0.5, 0.6) is 0 Å². The van der Waals surface area contributed by atoms with Crippen molar-refractivity contribution in [3.05, 3.63) is 24.7 Å². The highest BCUT2D eigenvalue weighted by Crippen LogP contribution is 2.30. The summed E-state index contributed by atoms with van der Waals surface area (Å²) in [6, 6.07) is 2.00. The smallest absolute Gasteiger partial charge is 0.231 e. The standard InChI is InChI=1S/C15H19N7.C2H6S.C2H6/c1-2-22-9-11(8-18-22)19-15-20-13-12(5-6-16-13)14(21-15)17-7-10-3-4-10;1-3-2;1-2/h5-6,8-10H,2-4,7H2,1H3,(H3,16,17,19,20,21);1-2H3;1-2H3. The number of aryl methyl sites for hydroxylation is 1. The van der Waals surface area contributed by atoms with Crippen LogP contribution >= 0.6 is 11.8 Å². The average Bonchev–Trinajstić information content (AvgIpc) is 3.20. The van der Waals surface area contributed by atoms with Crippen molar-refractivity contribution >= 4 is 40.2 Å². The summed E-state index contributed by atoms with van der Waals surface area (Å²) < 4.78 is 1.86. The van der Waals surface area contributed by atoms with Crippen molar-refractivity contribution in [1.82, 2.24) is 24.7 Å². The Morgan fingerprint density at radius 2 is 2.00 bits per heavy atom. The van der Waals surface area contributed by atoms with E-state index in [2.05, 4.69) is 37.6 Å². The zero-order valence-corrected chi connectivity index (χ0v) is 17.7. The number of aromatic nitrogens is 5. The Balaban J connectivity index is 0.000000478. The predicted molar refractivity (Wildman–Crippen MR) is 117 cm³/mol. The summed E-state index contributed by atoms with van der Waals surface area (Å²) >= 11 is 1.75. The number of thioether (sulfide) groups is 1. The lowest BCUT2D eigenvalue weighted by molar-refractivity contribution is 0.660. The quantitative estimate of drug-likeness (QED) is 0.564. The minimum Gasteiger partial charge on any atom is -0.369 e. The van der Waals surface area contributed by atoms with Crippen molar-refractivity contribution in [3.63, 3.8) is 0 Å². The van der Waals surface area contributed by atoms with Crippen LogP contribution in [0.3, 0.4) is 0 Å². The van der Waals surface area contributed by atoms with Gasteiger partial charge in [0.15, 0.2) is 0 Å². The number of rotatable bonds is 6. The molecule has 0 amide bonds. The molecule has 0 aromatic carbocycles. The van der Waals surface area contributed by atoms with E-state index in [1.54, 1.807) is 18.0 Å². The summed E-state index contributed by atoms with van der Waals surface area (Å²) in [5, 5.41) is 11.9. The van der Waals surface area contributed by atoms with Crippen molar-refractivity contribution in [2.45, 2.75) is 40.2 Å². The van der Waals surface area contributed by atoms with Gasteiger partial charge < -0.3 is 15.6 Å². The molecule has 7 nitrogen and oxygen atoms in total. The summed E-state index contributed by atoms with van der Waals surface area (Å²) in [5.74, 6) is 2.25. The normalized spacial score (nSPS) is 12.6. The van der Waals surface area contributed by atoms with Crippen LogP contribution in [0.1, 0.15) is 33.6 Å². The number of hydrogen-bond acceptors (Lipinski definition) is 6. The second kappa shape index (κ2) is 10.8. The van der Waals surface area contributed by atoms with E-state index in [9.17, 15) is 0 Å². The third kappa shape index (κ3) is 6.16. The van der Waals surface area contributed by atoms with Crippen LogP contribution in [0.2, 0.25) is 0 Å². The van der Waals surface area contributed by atoms with Crippen LogP contribution in [0, 0.1) is 5.92 Å². The monoisotopic (exact) mass is 389 g/mol. The molecule has 0 unspecified atom stereocenters. The van der Waals surface area contributed by atoms with Crippen LogP contribution in [-0.4, -0.2) is 43.8 Å². The van der Waals surface area contributed by atoms with Crippen LogP contribution in [-0.2, 0) is 6.54 Å². The Morgan fingerprint density at radius 1 is 1.26 bits per heavy atom. The Morgan fingerprint density at radius 3 is 2.63 bits per heavy atom. The van der Waals surface area contributed by atoms with Crippen molar-refractivity contribution in [1.29, 1.82) is 0 Å². The van der Waals surface area contributed by atoms with Gasteiger partial charge >= 0.3 is 0 Å². The largest absolute Gasteiger partial charge is 0.369 e. The molecule has 1 aliphatic rings. The lowest BCUT2D eigenvalue weighted by atomic mass is 10.3. The van der Waals surface area contributed by atoms with Crippen LogP contribution in [0.15, 0.2) is 24.7 Å². The van der Waals surface area contributed by atoms with E-state index in [1.807, 2.05) is 49.5 Å². The van der Waals surface area contributed by atoms with Gasteiger partial charge in [0.1, 0.15) is 11.5 Å². The minimum atomic E-state index is 0.573. The first-order valence-electron chi connectivity index (χ1n) is 9.52. The summed E-state index contributed by atoms with van der Waals surface area (Å²) in [6.07, 6.45) is 12.3. The Labute approximate surface area is 165 Å². The van der Waals surface area contributed by atoms with Gasteiger partial charge in [-0.25, -0.2) is 0 Å². The fraction of sp³-hybridized carbons (Fsp3) is 0.526. The molecule has 1 saturated carbocycles. The lowest BCUT2D eigenvalue weighted by Gasteiger charge is -2.08. The molecule has 3 heterocycles. The molecule has 0 spiro atoms. The molecule has 0 saturated heterocycles. The number of nitrogens with one attached hydrogen (secondary N) is 3. The van der Waals surface area contributed by atoms with Gasteiger partial charge in [0, 0.05) is 25.5 Å². The summed E-state index contributed by atoms with van der Waals surface area (Å²) in [5.41, 5.74) is 1.72. The fourth-order valence-electron chi connectivity index (χ4n) is 2.43. The van der Waals surface area contributed by atoms with Gasteiger partial charge in [-0.1, -0.05) is 13.8 Å². The molecule has 1 fully saturated rings. The Hall–Kier alpha value is -2.22. The zero-order chi connectivity index (χ0) is 19.6. The Kier molecular flexibility index (Phi) is 8.44. The van der Waals surface area contributed by atoms with Crippen molar-refractivity contribution < 1.29 is 0 Å². The molecule has 148 valence electrons. The fourth-order valence-corrected chi connectivity index (χ4v) is 2.43. The second-order valence-electron chi connectivity index (χ2n) is 6.08. The van der Waals surface area contributed by atoms with Gasteiger partial charge in [-0.05, 0) is 44.3 Å². The summed E-state index contributed by atoms with van der Waals surface area (Å²) in [6.45, 7) is 7.87. The number of aromatic amines is 1. The Bertz CT molecular complexity index is 807. The summed E-state index contributed by atoms with van der Waals surface area (Å²) in [4.78, 5) is 12.3. The highest BCUT2D eigenvalue weighted by Gasteiger charge is 2.21. The van der Waals surface area contributed by atoms with Crippen molar-refractivity contribution in [2.24, 2.45) is 5.92 Å². The highest BCUT2D eigenvalue weighted by atomic mass is 32.2. The minimum absolute atomic E-state index is 0.573. The highest BCUT2D eigenvalue weighted by molar-refractivity contribution is 7.97. The van der Waals surface area contributed by atoms with E-state index in [0.29, 0.717) is 5.95 Å². The van der Waals surface area contributed by atoms with Crippen LogP contribution in [0.4, 0.5) is 17.5 Å². The second-order valence-corrected chi connectivity index (χ2v) is 6.89. The molecule has 4 rings (SSSR count).